The van der Waals surface area contributed by atoms with Crippen molar-refractivity contribution in [2.45, 2.75) is 38.0 Å². The molecule has 0 bridgehead atoms. The molecule has 0 amide bonds. The Bertz CT molecular complexity index is 524. The van der Waals surface area contributed by atoms with Crippen molar-refractivity contribution in [1.29, 1.82) is 5.26 Å². The Labute approximate surface area is 115 Å². The molecule has 4 nitrogen and oxygen atoms in total. The first-order valence-electron chi connectivity index (χ1n) is 6.52. The van der Waals surface area contributed by atoms with E-state index < -0.39 is 10.0 Å². The van der Waals surface area contributed by atoms with Crippen molar-refractivity contribution in [1.82, 2.24) is 4.31 Å². The minimum Gasteiger partial charge on any atom is -0.207 e. The third kappa shape index (κ3) is 4.05. The van der Waals surface area contributed by atoms with Crippen molar-refractivity contribution < 1.29 is 8.42 Å². The van der Waals surface area contributed by atoms with Crippen LogP contribution in [-0.2, 0) is 16.4 Å². The standard InChI is InChI=1S/C14H20N2O2S/c1-3-11-16(12-4-2)19(17,18)14-7-5-13(6-8-14)9-10-15/h5-8H,3-4,9,11-12H2,1-2H3. The van der Waals surface area contributed by atoms with Crippen molar-refractivity contribution in [3.05, 3.63) is 29.8 Å². The zero-order valence-electron chi connectivity index (χ0n) is 11.5. The highest BCUT2D eigenvalue weighted by Crippen LogP contribution is 2.17. The quantitative estimate of drug-likeness (QED) is 0.771. The number of hydrogen-bond acceptors (Lipinski definition) is 3. The maximum absolute atomic E-state index is 12.4. The molecule has 5 heteroatoms. The normalized spacial score (nSPS) is 11.5. The van der Waals surface area contributed by atoms with Crippen LogP contribution in [0.25, 0.3) is 0 Å². The predicted molar refractivity (Wildman–Crippen MR) is 75.1 cm³/mol. The third-order valence-electron chi connectivity index (χ3n) is 2.79. The minimum atomic E-state index is -3.41. The van der Waals surface area contributed by atoms with Crippen LogP contribution in [0.15, 0.2) is 29.2 Å². The summed E-state index contributed by atoms with van der Waals surface area (Å²) in [6, 6.07) is 8.61. The van der Waals surface area contributed by atoms with Gasteiger partial charge in [-0.05, 0) is 30.5 Å². The summed E-state index contributed by atoms with van der Waals surface area (Å²) in [5, 5.41) is 8.60. The number of nitriles is 1. The van der Waals surface area contributed by atoms with Gasteiger partial charge < -0.3 is 0 Å². The average Bonchev–Trinajstić information content (AvgIpc) is 2.39. The van der Waals surface area contributed by atoms with E-state index in [2.05, 4.69) is 0 Å². The van der Waals surface area contributed by atoms with E-state index in [1.807, 2.05) is 19.9 Å². The molecule has 0 N–H and O–H groups in total. The molecule has 19 heavy (non-hydrogen) atoms. The van der Waals surface area contributed by atoms with Crippen molar-refractivity contribution in [2.75, 3.05) is 13.1 Å². The lowest BCUT2D eigenvalue weighted by atomic mass is 10.2. The molecule has 0 unspecified atom stereocenters. The van der Waals surface area contributed by atoms with E-state index in [9.17, 15) is 8.42 Å². The van der Waals surface area contributed by atoms with Crippen LogP contribution < -0.4 is 0 Å². The first kappa shape index (κ1) is 15.7. The van der Waals surface area contributed by atoms with Gasteiger partial charge in [0.15, 0.2) is 0 Å². The molecule has 0 aliphatic heterocycles. The molecule has 1 rings (SSSR count). The molecule has 0 aliphatic rings. The van der Waals surface area contributed by atoms with Crippen LogP contribution in [0.4, 0.5) is 0 Å². The highest BCUT2D eigenvalue weighted by molar-refractivity contribution is 7.89. The van der Waals surface area contributed by atoms with E-state index >= 15 is 0 Å². The summed E-state index contributed by atoms with van der Waals surface area (Å²) >= 11 is 0. The van der Waals surface area contributed by atoms with Gasteiger partial charge in [0.05, 0.1) is 17.4 Å². The molecule has 1 aromatic carbocycles. The summed E-state index contributed by atoms with van der Waals surface area (Å²) in [6.45, 7) is 5.01. The van der Waals surface area contributed by atoms with E-state index in [-0.39, 0.29) is 0 Å². The van der Waals surface area contributed by atoms with Gasteiger partial charge in [0, 0.05) is 13.1 Å². The Morgan fingerprint density at radius 3 is 2.05 bits per heavy atom. The molecule has 0 fully saturated rings. The summed E-state index contributed by atoms with van der Waals surface area (Å²) in [6.07, 6.45) is 1.89. The second-order valence-electron chi connectivity index (χ2n) is 4.38. The lowest BCUT2D eigenvalue weighted by molar-refractivity contribution is 0.410. The molecule has 0 aromatic heterocycles. The van der Waals surface area contributed by atoms with E-state index in [1.165, 1.54) is 4.31 Å². The van der Waals surface area contributed by atoms with Crippen LogP contribution in [0.1, 0.15) is 32.3 Å². The topological polar surface area (TPSA) is 61.2 Å². The number of sulfonamides is 1. The van der Waals surface area contributed by atoms with Crippen LogP contribution >= 0.6 is 0 Å². The van der Waals surface area contributed by atoms with E-state index in [0.717, 1.165) is 18.4 Å². The lowest BCUT2D eigenvalue weighted by Gasteiger charge is -2.21. The molecule has 0 radical (unpaired) electrons. The van der Waals surface area contributed by atoms with Crippen LogP contribution in [0, 0.1) is 11.3 Å². The predicted octanol–water partition coefficient (Wildman–Crippen LogP) is 2.56. The fourth-order valence-corrected chi connectivity index (χ4v) is 3.49. The van der Waals surface area contributed by atoms with Gasteiger partial charge in [-0.1, -0.05) is 26.0 Å². The Balaban J connectivity index is 3.00. The molecule has 0 saturated heterocycles. The van der Waals surface area contributed by atoms with Crippen LogP contribution in [0.5, 0.6) is 0 Å². The lowest BCUT2D eigenvalue weighted by Crippen LogP contribution is -2.32. The van der Waals surface area contributed by atoms with E-state index in [0.29, 0.717) is 24.4 Å². The first-order valence-corrected chi connectivity index (χ1v) is 7.96. The zero-order chi connectivity index (χ0) is 14.3. The molecule has 0 saturated carbocycles. The molecule has 0 aliphatic carbocycles. The molecule has 1 aromatic rings. The fraction of sp³-hybridized carbons (Fsp3) is 0.500. The van der Waals surface area contributed by atoms with E-state index in [1.54, 1.807) is 24.3 Å². The number of rotatable bonds is 7. The largest absolute Gasteiger partial charge is 0.243 e. The molecule has 0 spiro atoms. The molecular weight excluding hydrogens is 260 g/mol. The average molecular weight is 280 g/mol. The molecule has 0 heterocycles. The van der Waals surface area contributed by atoms with Gasteiger partial charge >= 0.3 is 0 Å². The van der Waals surface area contributed by atoms with Gasteiger partial charge in [-0.2, -0.15) is 9.57 Å². The summed E-state index contributed by atoms with van der Waals surface area (Å²) in [5.41, 5.74) is 0.832. The Kier molecular flexibility index (Phi) is 6.00. The van der Waals surface area contributed by atoms with Crippen LogP contribution in [0.2, 0.25) is 0 Å². The van der Waals surface area contributed by atoms with Crippen molar-refractivity contribution in [3.8, 4) is 6.07 Å². The van der Waals surface area contributed by atoms with Gasteiger partial charge in [-0.15, -0.1) is 0 Å². The Morgan fingerprint density at radius 1 is 1.11 bits per heavy atom. The summed E-state index contributed by atoms with van der Waals surface area (Å²) < 4.78 is 26.4. The highest BCUT2D eigenvalue weighted by atomic mass is 32.2. The van der Waals surface area contributed by atoms with Gasteiger partial charge in [0.1, 0.15) is 0 Å². The van der Waals surface area contributed by atoms with Crippen molar-refractivity contribution >= 4 is 10.0 Å². The van der Waals surface area contributed by atoms with Crippen molar-refractivity contribution in [2.24, 2.45) is 0 Å². The first-order chi connectivity index (χ1) is 9.06. The smallest absolute Gasteiger partial charge is 0.207 e. The summed E-state index contributed by atoms with van der Waals surface area (Å²) in [5.74, 6) is 0. The minimum absolute atomic E-state index is 0.300. The fourth-order valence-electron chi connectivity index (χ4n) is 1.87. The second kappa shape index (κ2) is 7.27. The monoisotopic (exact) mass is 280 g/mol. The molecule has 0 atom stereocenters. The SMILES string of the molecule is CCCN(CCC)S(=O)(=O)c1ccc(CC#N)cc1. The van der Waals surface area contributed by atoms with Crippen molar-refractivity contribution in [3.63, 3.8) is 0 Å². The van der Waals surface area contributed by atoms with Gasteiger partial charge in [-0.25, -0.2) is 8.42 Å². The number of benzene rings is 1. The Hall–Kier alpha value is -1.38. The maximum Gasteiger partial charge on any atom is 0.243 e. The van der Waals surface area contributed by atoms with Gasteiger partial charge in [-0.3, -0.25) is 0 Å². The Morgan fingerprint density at radius 2 is 1.63 bits per heavy atom. The summed E-state index contributed by atoms with van der Waals surface area (Å²) in [4.78, 5) is 0.302. The zero-order valence-corrected chi connectivity index (χ0v) is 12.3. The maximum atomic E-state index is 12.4. The van der Waals surface area contributed by atoms with Crippen LogP contribution in [0.3, 0.4) is 0 Å². The summed E-state index contributed by atoms with van der Waals surface area (Å²) in [7, 11) is -3.41. The molecule has 104 valence electrons. The second-order valence-corrected chi connectivity index (χ2v) is 6.32. The van der Waals surface area contributed by atoms with Gasteiger partial charge in [0.25, 0.3) is 0 Å². The number of nitrogens with zero attached hydrogens (tertiary/aromatic N) is 2. The van der Waals surface area contributed by atoms with Crippen LogP contribution in [-0.4, -0.2) is 25.8 Å². The molecular formula is C14H20N2O2S. The van der Waals surface area contributed by atoms with E-state index in [4.69, 9.17) is 5.26 Å². The highest BCUT2D eigenvalue weighted by Gasteiger charge is 2.22. The third-order valence-corrected chi connectivity index (χ3v) is 4.70. The van der Waals surface area contributed by atoms with Gasteiger partial charge in [0.2, 0.25) is 10.0 Å². The number of hydrogen-bond donors (Lipinski definition) is 0.